The third kappa shape index (κ3) is 4.40. The van der Waals surface area contributed by atoms with Crippen LogP contribution in [-0.4, -0.2) is 23.0 Å². The van der Waals surface area contributed by atoms with Gasteiger partial charge in [0.15, 0.2) is 6.29 Å². The van der Waals surface area contributed by atoms with Crippen LogP contribution >= 0.6 is 0 Å². The zero-order valence-electron chi connectivity index (χ0n) is 10.7. The fourth-order valence-corrected chi connectivity index (χ4v) is 1.20. The lowest BCUT2D eigenvalue weighted by molar-refractivity contribution is 0.0522. The molecule has 0 bridgehead atoms. The molecule has 0 unspecified atom stereocenters. The number of amides is 1. The van der Waals surface area contributed by atoms with Crippen LogP contribution in [-0.2, 0) is 11.3 Å². The Morgan fingerprint density at radius 1 is 1.50 bits per heavy atom. The van der Waals surface area contributed by atoms with Crippen LogP contribution in [0.3, 0.4) is 0 Å². The van der Waals surface area contributed by atoms with E-state index in [1.54, 1.807) is 32.9 Å². The second kappa shape index (κ2) is 5.48. The number of pyridine rings is 1. The van der Waals surface area contributed by atoms with E-state index < -0.39 is 11.7 Å². The minimum atomic E-state index is -0.544. The minimum Gasteiger partial charge on any atom is -0.444 e. The van der Waals surface area contributed by atoms with Crippen molar-refractivity contribution in [3.8, 4) is 0 Å². The number of ether oxygens (including phenoxy) is 1. The van der Waals surface area contributed by atoms with Crippen LogP contribution in [0.4, 0.5) is 10.6 Å². The van der Waals surface area contributed by atoms with Crippen LogP contribution in [0.5, 0.6) is 0 Å². The fraction of sp³-hybridized carbons (Fsp3) is 0.417. The van der Waals surface area contributed by atoms with Crippen LogP contribution in [0.25, 0.3) is 0 Å². The maximum atomic E-state index is 11.4. The van der Waals surface area contributed by atoms with Crippen molar-refractivity contribution in [2.75, 3.05) is 5.73 Å². The maximum Gasteiger partial charge on any atom is 0.407 e. The number of nitrogens with one attached hydrogen (secondary N) is 1. The summed E-state index contributed by atoms with van der Waals surface area (Å²) >= 11 is 0. The highest BCUT2D eigenvalue weighted by atomic mass is 16.6. The molecule has 0 aliphatic carbocycles. The number of carbonyl (C=O) groups is 2. The summed E-state index contributed by atoms with van der Waals surface area (Å²) in [5.74, 6) is 0.147. The normalized spacial score (nSPS) is 10.8. The van der Waals surface area contributed by atoms with E-state index >= 15 is 0 Å². The highest BCUT2D eigenvalue weighted by Gasteiger charge is 2.15. The smallest absolute Gasteiger partial charge is 0.407 e. The van der Waals surface area contributed by atoms with Crippen molar-refractivity contribution < 1.29 is 14.3 Å². The highest BCUT2D eigenvalue weighted by molar-refractivity contribution is 5.81. The number of hydrogen-bond acceptors (Lipinski definition) is 5. The van der Waals surface area contributed by atoms with Crippen LogP contribution in [0.1, 0.15) is 36.8 Å². The maximum absolute atomic E-state index is 11.4. The van der Waals surface area contributed by atoms with Gasteiger partial charge in [0.2, 0.25) is 0 Å². The Bertz CT molecular complexity index is 452. The first-order valence-electron chi connectivity index (χ1n) is 5.49. The van der Waals surface area contributed by atoms with E-state index in [-0.39, 0.29) is 12.4 Å². The number of rotatable bonds is 3. The first-order chi connectivity index (χ1) is 8.31. The molecule has 0 fully saturated rings. The molecule has 6 heteroatoms. The first kappa shape index (κ1) is 14.0. The second-order valence-corrected chi connectivity index (χ2v) is 4.75. The Labute approximate surface area is 106 Å². The molecule has 6 nitrogen and oxygen atoms in total. The van der Waals surface area contributed by atoms with Gasteiger partial charge >= 0.3 is 6.09 Å². The van der Waals surface area contributed by atoms with Crippen molar-refractivity contribution in [1.29, 1.82) is 0 Å². The van der Waals surface area contributed by atoms with Crippen LogP contribution in [0.15, 0.2) is 12.1 Å². The van der Waals surface area contributed by atoms with Gasteiger partial charge in [-0.05, 0) is 32.9 Å². The number of anilines is 1. The summed E-state index contributed by atoms with van der Waals surface area (Å²) in [7, 11) is 0. The Kier molecular flexibility index (Phi) is 4.25. The average molecular weight is 251 g/mol. The predicted molar refractivity (Wildman–Crippen MR) is 67.1 cm³/mol. The zero-order valence-corrected chi connectivity index (χ0v) is 10.7. The summed E-state index contributed by atoms with van der Waals surface area (Å²) in [4.78, 5) is 25.9. The Morgan fingerprint density at radius 2 is 2.17 bits per heavy atom. The average Bonchev–Trinajstić information content (AvgIpc) is 2.24. The first-order valence-corrected chi connectivity index (χ1v) is 5.49. The van der Waals surface area contributed by atoms with Crippen LogP contribution in [0.2, 0.25) is 0 Å². The van der Waals surface area contributed by atoms with Crippen molar-refractivity contribution in [3.05, 3.63) is 23.4 Å². The van der Waals surface area contributed by atoms with Crippen molar-refractivity contribution >= 4 is 18.2 Å². The SMILES string of the molecule is CC(C)(C)OC(=O)NCc1ccc(C=O)c(N)n1. The number of hydrogen-bond donors (Lipinski definition) is 2. The van der Waals surface area contributed by atoms with E-state index in [0.29, 0.717) is 17.5 Å². The number of carbonyl (C=O) groups excluding carboxylic acids is 2. The molecule has 0 saturated carbocycles. The van der Waals surface area contributed by atoms with Gasteiger partial charge in [0, 0.05) is 0 Å². The van der Waals surface area contributed by atoms with Crippen LogP contribution < -0.4 is 11.1 Å². The minimum absolute atomic E-state index is 0.147. The summed E-state index contributed by atoms with van der Waals surface area (Å²) in [6.45, 7) is 5.53. The number of nitrogens with zero attached hydrogens (tertiary/aromatic N) is 1. The van der Waals surface area contributed by atoms with Gasteiger partial charge in [-0.25, -0.2) is 9.78 Å². The van der Waals surface area contributed by atoms with Gasteiger partial charge in [-0.15, -0.1) is 0 Å². The van der Waals surface area contributed by atoms with Crippen molar-refractivity contribution in [3.63, 3.8) is 0 Å². The second-order valence-electron chi connectivity index (χ2n) is 4.75. The van der Waals surface area contributed by atoms with E-state index in [1.165, 1.54) is 0 Å². The molecule has 0 spiro atoms. The molecule has 1 amide bonds. The topological polar surface area (TPSA) is 94.3 Å². The fourth-order valence-electron chi connectivity index (χ4n) is 1.20. The largest absolute Gasteiger partial charge is 0.444 e. The number of alkyl carbamates (subject to hydrolysis) is 1. The summed E-state index contributed by atoms with van der Waals surface area (Å²) in [6, 6.07) is 3.18. The summed E-state index contributed by atoms with van der Waals surface area (Å²) in [5.41, 5.74) is 5.90. The lowest BCUT2D eigenvalue weighted by atomic mass is 10.2. The quantitative estimate of drug-likeness (QED) is 0.794. The number of nitrogen functional groups attached to an aromatic ring is 1. The third-order valence-electron chi connectivity index (χ3n) is 1.95. The standard InChI is InChI=1S/C12H17N3O3/c1-12(2,3)18-11(17)14-6-9-5-4-8(7-16)10(13)15-9/h4-5,7H,6H2,1-3H3,(H2,13,15)(H,14,17). The Morgan fingerprint density at radius 3 is 2.67 bits per heavy atom. The number of nitrogens with two attached hydrogens (primary N) is 1. The molecule has 0 atom stereocenters. The number of aldehydes is 1. The summed E-state index contributed by atoms with van der Waals surface area (Å²) < 4.78 is 5.07. The Hall–Kier alpha value is -2.11. The molecule has 0 aliphatic rings. The van der Waals surface area contributed by atoms with E-state index in [4.69, 9.17) is 10.5 Å². The molecule has 1 heterocycles. The molecular weight excluding hydrogens is 234 g/mol. The molecule has 18 heavy (non-hydrogen) atoms. The van der Waals surface area contributed by atoms with Gasteiger partial charge in [-0.3, -0.25) is 4.79 Å². The monoisotopic (exact) mass is 251 g/mol. The van der Waals surface area contributed by atoms with Gasteiger partial charge in [0.05, 0.1) is 17.8 Å². The molecule has 3 N–H and O–H groups in total. The Balaban J connectivity index is 2.56. The molecule has 1 aromatic rings. The van der Waals surface area contributed by atoms with Gasteiger partial charge in [0.25, 0.3) is 0 Å². The summed E-state index contributed by atoms with van der Waals surface area (Å²) in [6.07, 6.45) is 0.107. The molecular formula is C12H17N3O3. The molecule has 1 rings (SSSR count). The summed E-state index contributed by atoms with van der Waals surface area (Å²) in [5, 5.41) is 2.55. The van der Waals surface area contributed by atoms with E-state index in [2.05, 4.69) is 10.3 Å². The van der Waals surface area contributed by atoms with Gasteiger partial charge in [-0.1, -0.05) is 0 Å². The van der Waals surface area contributed by atoms with Crippen molar-refractivity contribution in [2.45, 2.75) is 32.9 Å². The molecule has 0 radical (unpaired) electrons. The molecule has 0 saturated heterocycles. The lowest BCUT2D eigenvalue weighted by Gasteiger charge is -2.19. The van der Waals surface area contributed by atoms with Crippen LogP contribution in [0, 0.1) is 0 Å². The van der Waals surface area contributed by atoms with Crippen molar-refractivity contribution in [2.24, 2.45) is 0 Å². The molecule has 98 valence electrons. The number of aromatic nitrogens is 1. The highest BCUT2D eigenvalue weighted by Crippen LogP contribution is 2.09. The van der Waals surface area contributed by atoms with E-state index in [9.17, 15) is 9.59 Å². The molecule has 0 aliphatic heterocycles. The van der Waals surface area contributed by atoms with Gasteiger partial charge < -0.3 is 15.8 Å². The van der Waals surface area contributed by atoms with Crippen molar-refractivity contribution in [1.82, 2.24) is 10.3 Å². The predicted octanol–water partition coefficient (Wildman–Crippen LogP) is 1.50. The van der Waals surface area contributed by atoms with Gasteiger partial charge in [-0.2, -0.15) is 0 Å². The molecule has 1 aromatic heterocycles. The van der Waals surface area contributed by atoms with E-state index in [0.717, 1.165) is 0 Å². The third-order valence-corrected chi connectivity index (χ3v) is 1.95. The lowest BCUT2D eigenvalue weighted by Crippen LogP contribution is -2.32. The molecule has 0 aromatic carbocycles. The van der Waals surface area contributed by atoms with Gasteiger partial charge in [0.1, 0.15) is 11.4 Å². The van der Waals surface area contributed by atoms with E-state index in [1.807, 2.05) is 0 Å². The zero-order chi connectivity index (χ0) is 13.8.